The number of hydrogen-bond acceptors (Lipinski definition) is 0. The van der Waals surface area contributed by atoms with Crippen LogP contribution in [-0.2, 0) is 0 Å². The van der Waals surface area contributed by atoms with Crippen molar-refractivity contribution in [2.75, 3.05) is 0 Å². The highest BCUT2D eigenvalue weighted by atomic mass is 28.3. The molecule has 0 aliphatic carbocycles. The van der Waals surface area contributed by atoms with Crippen LogP contribution in [-0.4, -0.2) is 17.2 Å². The highest BCUT2D eigenvalue weighted by Crippen LogP contribution is 2.43. The molecule has 2 nitrogen and oxygen atoms in total. The zero-order valence-corrected chi connectivity index (χ0v) is 35.6. The van der Waals surface area contributed by atoms with Gasteiger partial charge in [-0.15, -0.1) is 0 Å². The van der Waals surface area contributed by atoms with E-state index in [2.05, 4.69) is 264 Å². The lowest BCUT2D eigenvalue weighted by molar-refractivity contribution is 1.17. The summed E-state index contributed by atoms with van der Waals surface area (Å²) in [6.45, 7) is 0. The molecule has 0 unspecified atom stereocenters. The summed E-state index contributed by atoms with van der Waals surface area (Å²) in [6.07, 6.45) is 0. The minimum absolute atomic E-state index is 1.15. The first kappa shape index (κ1) is 36.8. The third-order valence-electron chi connectivity index (χ3n) is 13.1. The van der Waals surface area contributed by atoms with E-state index in [1.54, 1.807) is 0 Å². The van der Waals surface area contributed by atoms with Crippen LogP contribution in [0.25, 0.3) is 77.2 Å². The maximum atomic E-state index is 2.50. The molecule has 0 N–H and O–H groups in total. The van der Waals surface area contributed by atoms with E-state index in [4.69, 9.17) is 0 Å². The molecule has 12 rings (SSSR count). The molecule has 296 valence electrons. The molecule has 0 aliphatic rings. The Kier molecular flexibility index (Phi) is 8.87. The summed E-state index contributed by atoms with van der Waals surface area (Å²) in [6, 6.07) is 94.1. The van der Waals surface area contributed by atoms with E-state index >= 15 is 0 Å². The van der Waals surface area contributed by atoms with Crippen molar-refractivity contribution in [1.29, 1.82) is 0 Å². The topological polar surface area (TPSA) is 9.86 Å². The molecule has 2 heterocycles. The van der Waals surface area contributed by atoms with Crippen molar-refractivity contribution in [2.24, 2.45) is 0 Å². The molecule has 0 spiro atoms. The number of para-hydroxylation sites is 2. The zero-order chi connectivity index (χ0) is 41.7. The summed E-state index contributed by atoms with van der Waals surface area (Å²) >= 11 is 0. The third kappa shape index (κ3) is 5.85. The summed E-state index contributed by atoms with van der Waals surface area (Å²) < 4.78 is 5.00. The highest BCUT2D eigenvalue weighted by Gasteiger charge is 2.41. The van der Waals surface area contributed by atoms with Gasteiger partial charge < -0.3 is 9.13 Å². The van der Waals surface area contributed by atoms with E-state index in [1.807, 2.05) is 0 Å². The SMILES string of the molecule is c1ccc(-c2cccc(-c3cccc4c3c3ccccc3n4-c3cccc4c3c3ccccc3n4-c3cccc([Si](c4ccccc4)(c4ccccc4)c4ccccc4)c3)c2)cc1. The monoisotopic (exact) mass is 818 g/mol. The Morgan fingerprint density at radius 1 is 0.270 bits per heavy atom. The van der Waals surface area contributed by atoms with Gasteiger partial charge in [-0.2, -0.15) is 0 Å². The smallest absolute Gasteiger partial charge is 0.179 e. The minimum atomic E-state index is -2.77. The van der Waals surface area contributed by atoms with Gasteiger partial charge in [0.25, 0.3) is 0 Å². The number of fused-ring (bicyclic) bond motifs is 6. The Balaban J connectivity index is 1.10. The second-order valence-corrected chi connectivity index (χ2v) is 20.2. The summed E-state index contributed by atoms with van der Waals surface area (Å²) in [7, 11) is -2.77. The minimum Gasteiger partial charge on any atom is -0.309 e. The molecule has 12 aromatic rings. The fourth-order valence-corrected chi connectivity index (χ4v) is 15.2. The molecule has 2 aromatic heterocycles. The number of benzene rings is 10. The second kappa shape index (κ2) is 15.2. The zero-order valence-electron chi connectivity index (χ0n) is 34.6. The standard InChI is InChI=1S/C60H42N2Si/c1-5-21-43(22-6-1)44-23-17-24-45(41-44)51-35-19-38-56-59(51)52-33-13-16-37-55(52)62(56)58-40-20-39-57-60(58)53-34-14-15-36-54(53)61(57)46-25-18-32-50(42-46)63(47-26-7-2-8-27-47,48-28-9-3-10-29-48)49-30-11-4-12-31-49/h1-42H. The van der Waals surface area contributed by atoms with Gasteiger partial charge in [-0.3, -0.25) is 0 Å². The van der Waals surface area contributed by atoms with Crippen molar-refractivity contribution in [3.63, 3.8) is 0 Å². The average Bonchev–Trinajstić information content (AvgIpc) is 3.89. The van der Waals surface area contributed by atoms with Gasteiger partial charge in [0.1, 0.15) is 0 Å². The third-order valence-corrected chi connectivity index (χ3v) is 17.8. The number of aromatic nitrogens is 2. The van der Waals surface area contributed by atoms with E-state index in [0.717, 1.165) is 5.69 Å². The van der Waals surface area contributed by atoms with Crippen molar-refractivity contribution in [2.45, 2.75) is 0 Å². The van der Waals surface area contributed by atoms with Crippen LogP contribution in [0.2, 0.25) is 0 Å². The van der Waals surface area contributed by atoms with Crippen LogP contribution in [0.3, 0.4) is 0 Å². The van der Waals surface area contributed by atoms with Crippen molar-refractivity contribution >= 4 is 72.4 Å². The van der Waals surface area contributed by atoms with Gasteiger partial charge in [-0.25, -0.2) is 0 Å². The van der Waals surface area contributed by atoms with Crippen molar-refractivity contribution in [3.05, 3.63) is 255 Å². The molecular weight excluding hydrogens is 777 g/mol. The molecule has 0 saturated carbocycles. The van der Waals surface area contributed by atoms with Crippen molar-refractivity contribution < 1.29 is 0 Å². The van der Waals surface area contributed by atoms with E-state index in [1.165, 1.54) is 92.3 Å². The molecule has 0 fully saturated rings. The Labute approximate surface area is 368 Å². The predicted molar refractivity (Wildman–Crippen MR) is 270 cm³/mol. The molecule has 10 aromatic carbocycles. The van der Waals surface area contributed by atoms with Gasteiger partial charge in [-0.05, 0) is 91.5 Å². The summed E-state index contributed by atoms with van der Waals surface area (Å²) in [5, 5.41) is 10.4. The van der Waals surface area contributed by atoms with Gasteiger partial charge in [0.2, 0.25) is 0 Å². The quantitative estimate of drug-likeness (QED) is 0.107. The van der Waals surface area contributed by atoms with Crippen LogP contribution in [0.15, 0.2) is 255 Å². The number of hydrogen-bond donors (Lipinski definition) is 0. The average molecular weight is 819 g/mol. The van der Waals surface area contributed by atoms with Crippen LogP contribution >= 0.6 is 0 Å². The van der Waals surface area contributed by atoms with E-state index in [0.29, 0.717) is 0 Å². The largest absolute Gasteiger partial charge is 0.309 e. The van der Waals surface area contributed by atoms with Crippen LogP contribution in [0, 0.1) is 0 Å². The highest BCUT2D eigenvalue weighted by molar-refractivity contribution is 7.19. The van der Waals surface area contributed by atoms with Crippen LogP contribution in [0.1, 0.15) is 0 Å². The first-order valence-corrected chi connectivity index (χ1v) is 23.8. The molecule has 0 bridgehead atoms. The Morgan fingerprint density at radius 2 is 0.714 bits per heavy atom. The molecule has 0 aliphatic heterocycles. The molecule has 3 heteroatoms. The van der Waals surface area contributed by atoms with Crippen molar-refractivity contribution in [1.82, 2.24) is 9.13 Å². The van der Waals surface area contributed by atoms with E-state index in [9.17, 15) is 0 Å². The summed E-state index contributed by atoms with van der Waals surface area (Å²) in [5.41, 5.74) is 11.9. The molecular formula is C60H42N2Si. The second-order valence-electron chi connectivity index (χ2n) is 16.4. The fraction of sp³-hybridized carbons (Fsp3) is 0. The van der Waals surface area contributed by atoms with Crippen LogP contribution in [0.4, 0.5) is 0 Å². The van der Waals surface area contributed by atoms with Gasteiger partial charge in [0.05, 0.1) is 27.8 Å². The molecule has 0 saturated heterocycles. The summed E-state index contributed by atoms with van der Waals surface area (Å²) in [5.74, 6) is 0. The molecule has 63 heavy (non-hydrogen) atoms. The van der Waals surface area contributed by atoms with E-state index in [-0.39, 0.29) is 0 Å². The molecule has 0 radical (unpaired) electrons. The maximum Gasteiger partial charge on any atom is 0.179 e. The Bertz CT molecular complexity index is 3510. The summed E-state index contributed by atoms with van der Waals surface area (Å²) in [4.78, 5) is 0. The molecule has 0 atom stereocenters. The predicted octanol–water partition coefficient (Wildman–Crippen LogP) is 12.6. The number of rotatable bonds is 8. The lowest BCUT2D eigenvalue weighted by Crippen LogP contribution is -2.74. The fourth-order valence-electron chi connectivity index (χ4n) is 10.4. The van der Waals surface area contributed by atoms with Gasteiger partial charge in [-0.1, -0.05) is 206 Å². The van der Waals surface area contributed by atoms with Crippen LogP contribution < -0.4 is 20.7 Å². The first-order valence-electron chi connectivity index (χ1n) is 21.8. The van der Waals surface area contributed by atoms with Gasteiger partial charge >= 0.3 is 0 Å². The Hall–Kier alpha value is -7.98. The van der Waals surface area contributed by atoms with Crippen molar-refractivity contribution in [3.8, 4) is 33.6 Å². The first-order chi connectivity index (χ1) is 31.3. The van der Waals surface area contributed by atoms with Gasteiger partial charge in [0, 0.05) is 27.2 Å². The van der Waals surface area contributed by atoms with E-state index < -0.39 is 8.07 Å². The normalized spacial score (nSPS) is 11.8. The van der Waals surface area contributed by atoms with Gasteiger partial charge in [0.15, 0.2) is 8.07 Å². The lowest BCUT2D eigenvalue weighted by atomic mass is 9.96. The number of nitrogens with zero attached hydrogens (tertiary/aromatic N) is 2. The van der Waals surface area contributed by atoms with Crippen LogP contribution in [0.5, 0.6) is 0 Å². The maximum absolute atomic E-state index is 2.77. The Morgan fingerprint density at radius 3 is 1.37 bits per heavy atom. The molecule has 0 amide bonds. The lowest BCUT2D eigenvalue weighted by Gasteiger charge is -2.34.